The van der Waals surface area contributed by atoms with Gasteiger partial charge in [-0.1, -0.05) is 12.1 Å². The number of aromatic nitrogens is 2. The Kier molecular flexibility index (Phi) is 4.90. The molecule has 0 radical (unpaired) electrons. The van der Waals surface area contributed by atoms with Crippen molar-refractivity contribution in [1.29, 1.82) is 0 Å². The molecule has 2 rings (SSSR count). The zero-order chi connectivity index (χ0) is 13.7. The highest BCUT2D eigenvalue weighted by molar-refractivity contribution is 5.77. The average Bonchev–Trinajstić information content (AvgIpc) is 2.84. The molecule has 6 heteroatoms. The van der Waals surface area contributed by atoms with E-state index in [1.54, 1.807) is 0 Å². The van der Waals surface area contributed by atoms with Gasteiger partial charge in [-0.25, -0.2) is 0 Å². The van der Waals surface area contributed by atoms with E-state index in [2.05, 4.69) is 27.3 Å². The van der Waals surface area contributed by atoms with Crippen molar-refractivity contribution in [2.24, 2.45) is 0 Å². The molecule has 1 fully saturated rings. The second-order valence-corrected chi connectivity index (χ2v) is 5.08. The first-order valence-corrected chi connectivity index (χ1v) is 6.98. The number of aryl methyl sites for hydroxylation is 1. The number of amides is 1. The lowest BCUT2D eigenvalue weighted by Crippen LogP contribution is -2.41. The van der Waals surface area contributed by atoms with Gasteiger partial charge in [-0.3, -0.25) is 9.69 Å². The van der Waals surface area contributed by atoms with Crippen molar-refractivity contribution in [3.05, 3.63) is 11.7 Å². The Labute approximate surface area is 113 Å². The van der Waals surface area contributed by atoms with E-state index < -0.39 is 0 Å². The van der Waals surface area contributed by atoms with Crippen LogP contribution in [-0.2, 0) is 4.79 Å². The molecule has 1 saturated heterocycles. The van der Waals surface area contributed by atoms with Gasteiger partial charge in [0.25, 0.3) is 0 Å². The fourth-order valence-corrected chi connectivity index (χ4v) is 2.34. The van der Waals surface area contributed by atoms with Crippen LogP contribution in [0, 0.1) is 6.92 Å². The van der Waals surface area contributed by atoms with Gasteiger partial charge in [-0.15, -0.1) is 0 Å². The van der Waals surface area contributed by atoms with Gasteiger partial charge >= 0.3 is 0 Å². The third kappa shape index (κ3) is 4.02. The number of nitrogens with zero attached hydrogens (tertiary/aromatic N) is 3. The molecule has 6 nitrogen and oxygen atoms in total. The smallest absolute Gasteiger partial charge is 0.234 e. The lowest BCUT2D eigenvalue weighted by Gasteiger charge is -2.29. The van der Waals surface area contributed by atoms with Crippen LogP contribution in [0.1, 0.15) is 43.8 Å². The van der Waals surface area contributed by atoms with Crippen molar-refractivity contribution in [3.8, 4) is 0 Å². The monoisotopic (exact) mass is 266 g/mol. The molecule has 0 unspecified atom stereocenters. The van der Waals surface area contributed by atoms with Crippen LogP contribution in [0.3, 0.4) is 0 Å². The second-order valence-electron chi connectivity index (χ2n) is 5.08. The maximum absolute atomic E-state index is 11.6. The third-order valence-electron chi connectivity index (χ3n) is 3.42. The topological polar surface area (TPSA) is 71.3 Å². The van der Waals surface area contributed by atoms with Crippen LogP contribution in [0.5, 0.6) is 0 Å². The van der Waals surface area contributed by atoms with Gasteiger partial charge in [0.1, 0.15) is 0 Å². The van der Waals surface area contributed by atoms with Gasteiger partial charge < -0.3 is 9.84 Å². The Bertz CT molecular complexity index is 411. The first-order chi connectivity index (χ1) is 9.19. The molecule has 1 aromatic rings. The van der Waals surface area contributed by atoms with Crippen LogP contribution in [0.4, 0.5) is 0 Å². The number of carbonyl (C=O) groups excluding carboxylic acids is 1. The Morgan fingerprint density at radius 2 is 2.21 bits per heavy atom. The van der Waals surface area contributed by atoms with Gasteiger partial charge in [-0.2, -0.15) is 4.98 Å². The Balaban J connectivity index is 1.74. The highest BCUT2D eigenvalue weighted by atomic mass is 16.5. The van der Waals surface area contributed by atoms with Crippen LogP contribution in [0.25, 0.3) is 0 Å². The summed E-state index contributed by atoms with van der Waals surface area (Å²) in [6, 6.07) is 0. The standard InChI is InChI=1S/C13H22N4O2/c1-3-6-14-12(18)9-17-7-4-11(5-8-17)13-15-10(2)16-19-13/h11H,3-9H2,1-2H3,(H,14,18). The van der Waals surface area contributed by atoms with E-state index >= 15 is 0 Å². The van der Waals surface area contributed by atoms with Crippen molar-refractivity contribution >= 4 is 5.91 Å². The van der Waals surface area contributed by atoms with Crippen LogP contribution in [-0.4, -0.2) is 47.1 Å². The lowest BCUT2D eigenvalue weighted by molar-refractivity contribution is -0.122. The van der Waals surface area contributed by atoms with E-state index in [4.69, 9.17) is 4.52 Å². The van der Waals surface area contributed by atoms with Gasteiger partial charge in [0.15, 0.2) is 5.82 Å². The zero-order valence-electron chi connectivity index (χ0n) is 11.7. The fraction of sp³-hybridized carbons (Fsp3) is 0.769. The minimum Gasteiger partial charge on any atom is -0.355 e. The molecule has 1 N–H and O–H groups in total. The SMILES string of the molecule is CCCNC(=O)CN1CCC(c2nc(C)no2)CC1. The Morgan fingerprint density at radius 3 is 2.79 bits per heavy atom. The molecule has 19 heavy (non-hydrogen) atoms. The number of carbonyl (C=O) groups is 1. The summed E-state index contributed by atoms with van der Waals surface area (Å²) < 4.78 is 5.21. The summed E-state index contributed by atoms with van der Waals surface area (Å²) in [4.78, 5) is 18.1. The number of piperidine rings is 1. The van der Waals surface area contributed by atoms with Gasteiger partial charge in [0.05, 0.1) is 6.54 Å². The summed E-state index contributed by atoms with van der Waals surface area (Å²) in [6.07, 6.45) is 2.93. The summed E-state index contributed by atoms with van der Waals surface area (Å²) in [6.45, 7) is 6.96. The van der Waals surface area contributed by atoms with Crippen LogP contribution < -0.4 is 5.32 Å². The van der Waals surface area contributed by atoms with Gasteiger partial charge in [-0.05, 0) is 39.3 Å². The molecule has 0 saturated carbocycles. The molecule has 1 amide bonds. The maximum Gasteiger partial charge on any atom is 0.234 e. The van der Waals surface area contributed by atoms with Crippen molar-refractivity contribution in [2.45, 2.75) is 39.0 Å². The van der Waals surface area contributed by atoms with E-state index in [-0.39, 0.29) is 5.91 Å². The largest absolute Gasteiger partial charge is 0.355 e. The number of nitrogens with one attached hydrogen (secondary N) is 1. The van der Waals surface area contributed by atoms with Crippen molar-refractivity contribution in [3.63, 3.8) is 0 Å². The predicted octanol–water partition coefficient (Wildman–Crippen LogP) is 1.08. The molecule has 1 aliphatic heterocycles. The van der Waals surface area contributed by atoms with Crippen molar-refractivity contribution < 1.29 is 9.32 Å². The molecule has 0 bridgehead atoms. The fourth-order valence-electron chi connectivity index (χ4n) is 2.34. The highest BCUT2D eigenvalue weighted by Crippen LogP contribution is 2.26. The summed E-state index contributed by atoms with van der Waals surface area (Å²) >= 11 is 0. The normalized spacial score (nSPS) is 17.6. The number of hydrogen-bond donors (Lipinski definition) is 1. The first-order valence-electron chi connectivity index (χ1n) is 6.98. The quantitative estimate of drug-likeness (QED) is 0.863. The first kappa shape index (κ1) is 14.0. The molecule has 106 valence electrons. The zero-order valence-corrected chi connectivity index (χ0v) is 11.7. The summed E-state index contributed by atoms with van der Waals surface area (Å²) in [5.74, 6) is 1.90. The van der Waals surface area contributed by atoms with Crippen LogP contribution >= 0.6 is 0 Å². The molecule has 0 aromatic carbocycles. The van der Waals surface area contributed by atoms with E-state index in [1.807, 2.05) is 6.92 Å². The average molecular weight is 266 g/mol. The number of likely N-dealkylation sites (tertiary alicyclic amines) is 1. The van der Waals surface area contributed by atoms with Crippen LogP contribution in [0.2, 0.25) is 0 Å². The Morgan fingerprint density at radius 1 is 1.47 bits per heavy atom. The van der Waals surface area contributed by atoms with E-state index in [0.29, 0.717) is 18.3 Å². The van der Waals surface area contributed by atoms with Gasteiger partial charge in [0.2, 0.25) is 11.8 Å². The molecule has 0 aliphatic carbocycles. The van der Waals surface area contributed by atoms with Gasteiger partial charge in [0, 0.05) is 12.5 Å². The molecule has 0 atom stereocenters. The summed E-state index contributed by atoms with van der Waals surface area (Å²) in [5.41, 5.74) is 0. The molecule has 2 heterocycles. The third-order valence-corrected chi connectivity index (χ3v) is 3.42. The molecular formula is C13H22N4O2. The summed E-state index contributed by atoms with van der Waals surface area (Å²) in [5, 5.41) is 6.73. The summed E-state index contributed by atoms with van der Waals surface area (Å²) in [7, 11) is 0. The minimum absolute atomic E-state index is 0.119. The van der Waals surface area contributed by atoms with Crippen molar-refractivity contribution in [2.75, 3.05) is 26.2 Å². The number of hydrogen-bond acceptors (Lipinski definition) is 5. The predicted molar refractivity (Wildman–Crippen MR) is 70.8 cm³/mol. The van der Waals surface area contributed by atoms with E-state index in [0.717, 1.165) is 44.8 Å². The molecule has 1 aliphatic rings. The van der Waals surface area contributed by atoms with E-state index in [9.17, 15) is 4.79 Å². The number of rotatable bonds is 5. The van der Waals surface area contributed by atoms with Crippen LogP contribution in [0.15, 0.2) is 4.52 Å². The maximum atomic E-state index is 11.6. The molecular weight excluding hydrogens is 244 g/mol. The molecule has 0 spiro atoms. The molecule has 1 aromatic heterocycles. The van der Waals surface area contributed by atoms with E-state index in [1.165, 1.54) is 0 Å². The lowest BCUT2D eigenvalue weighted by atomic mass is 9.97. The second kappa shape index (κ2) is 6.65. The minimum atomic E-state index is 0.119. The highest BCUT2D eigenvalue weighted by Gasteiger charge is 2.25. The Hall–Kier alpha value is -1.43. The van der Waals surface area contributed by atoms with Crippen molar-refractivity contribution in [1.82, 2.24) is 20.4 Å².